The number of rotatable bonds is 4. The number of nitrogens with two attached hydrogens (primary N) is 1. The molecule has 2 rings (SSSR count). The number of nitrogens with one attached hydrogen (secondary N) is 1. The average Bonchev–Trinajstić information content (AvgIpc) is 2.23. The minimum absolute atomic E-state index is 0.163. The Balaban J connectivity index is 1.95. The van der Waals surface area contributed by atoms with Crippen LogP contribution in [0.1, 0.15) is 28.8 Å². The van der Waals surface area contributed by atoms with E-state index in [0.717, 1.165) is 18.4 Å². The number of amides is 1. The van der Waals surface area contributed by atoms with Crippen LogP contribution in [-0.4, -0.2) is 23.2 Å². The largest absolute Gasteiger partial charge is 0.393 e. The predicted molar refractivity (Wildman–Crippen MR) is 60.8 cm³/mol. The Hall–Kier alpha value is -1.39. The number of carbonyl (C=O) groups is 1. The molecule has 0 aromatic heterocycles. The van der Waals surface area contributed by atoms with Gasteiger partial charge in [-0.05, 0) is 24.5 Å². The highest BCUT2D eigenvalue weighted by Gasteiger charge is 2.26. The minimum Gasteiger partial charge on any atom is -0.393 e. The van der Waals surface area contributed by atoms with Crippen LogP contribution in [0.4, 0.5) is 0 Å². The first kappa shape index (κ1) is 11.1. The van der Waals surface area contributed by atoms with Crippen LogP contribution in [0, 0.1) is 0 Å². The lowest BCUT2D eigenvalue weighted by atomic mass is 9.89. The summed E-state index contributed by atoms with van der Waals surface area (Å²) in [5.41, 5.74) is 6.76. The second-order valence-electron chi connectivity index (χ2n) is 4.22. The van der Waals surface area contributed by atoms with Crippen LogP contribution in [0.2, 0.25) is 0 Å². The fraction of sp³-hybridized carbons (Fsp3) is 0.417. The molecule has 1 aromatic rings. The molecule has 1 aliphatic rings. The second kappa shape index (κ2) is 4.63. The summed E-state index contributed by atoms with van der Waals surface area (Å²) in [5, 5.41) is 12.4. The van der Waals surface area contributed by atoms with Gasteiger partial charge in [0.25, 0.3) is 0 Å². The van der Waals surface area contributed by atoms with Gasteiger partial charge in [-0.3, -0.25) is 4.79 Å². The van der Waals surface area contributed by atoms with Gasteiger partial charge in [-0.15, -0.1) is 0 Å². The molecule has 0 unspecified atom stereocenters. The molecule has 1 amide bonds. The van der Waals surface area contributed by atoms with Crippen LogP contribution in [-0.2, 0) is 6.54 Å². The molecule has 0 spiro atoms. The fourth-order valence-corrected chi connectivity index (χ4v) is 1.92. The Morgan fingerprint density at radius 2 is 2.12 bits per heavy atom. The van der Waals surface area contributed by atoms with Crippen LogP contribution < -0.4 is 11.1 Å². The summed E-state index contributed by atoms with van der Waals surface area (Å²) >= 11 is 0. The summed E-state index contributed by atoms with van der Waals surface area (Å²) in [6.07, 6.45) is 1.42. The molecule has 1 fully saturated rings. The maximum atomic E-state index is 11.2. The fourth-order valence-electron chi connectivity index (χ4n) is 1.92. The normalized spacial score (nSPS) is 23.8. The summed E-state index contributed by atoms with van der Waals surface area (Å²) in [7, 11) is 0. The monoisotopic (exact) mass is 220 g/mol. The van der Waals surface area contributed by atoms with E-state index in [1.165, 1.54) is 0 Å². The summed E-state index contributed by atoms with van der Waals surface area (Å²) in [6.45, 7) is 0.622. The van der Waals surface area contributed by atoms with E-state index in [2.05, 4.69) is 5.32 Å². The van der Waals surface area contributed by atoms with Crippen molar-refractivity contribution in [2.24, 2.45) is 5.73 Å². The topological polar surface area (TPSA) is 75.4 Å². The predicted octanol–water partition coefficient (Wildman–Crippen LogP) is 0.398. The Bertz CT molecular complexity index is 386. The van der Waals surface area contributed by atoms with E-state index in [1.807, 2.05) is 12.1 Å². The quantitative estimate of drug-likeness (QED) is 0.687. The first-order valence-electron chi connectivity index (χ1n) is 5.46. The molecule has 0 aliphatic heterocycles. The smallest absolute Gasteiger partial charge is 0.249 e. The van der Waals surface area contributed by atoms with E-state index in [4.69, 9.17) is 10.8 Å². The molecule has 1 aromatic carbocycles. The Morgan fingerprint density at radius 3 is 2.75 bits per heavy atom. The van der Waals surface area contributed by atoms with Crippen molar-refractivity contribution in [1.29, 1.82) is 0 Å². The molecule has 1 aliphatic carbocycles. The van der Waals surface area contributed by atoms with Crippen molar-refractivity contribution in [2.45, 2.75) is 31.5 Å². The lowest BCUT2D eigenvalue weighted by Gasteiger charge is -2.32. The van der Waals surface area contributed by atoms with E-state index in [0.29, 0.717) is 18.2 Å². The van der Waals surface area contributed by atoms with Crippen LogP contribution in [0.15, 0.2) is 24.3 Å². The number of aliphatic hydroxyl groups is 1. The number of benzene rings is 1. The van der Waals surface area contributed by atoms with Crippen LogP contribution in [0.25, 0.3) is 0 Å². The average molecular weight is 220 g/mol. The maximum Gasteiger partial charge on any atom is 0.249 e. The van der Waals surface area contributed by atoms with Crippen molar-refractivity contribution in [3.05, 3.63) is 35.4 Å². The van der Waals surface area contributed by atoms with Gasteiger partial charge in [-0.1, -0.05) is 18.2 Å². The minimum atomic E-state index is -0.397. The Kier molecular flexibility index (Phi) is 3.22. The van der Waals surface area contributed by atoms with Crippen molar-refractivity contribution in [2.75, 3.05) is 0 Å². The zero-order chi connectivity index (χ0) is 11.5. The third-order valence-electron chi connectivity index (χ3n) is 2.98. The van der Waals surface area contributed by atoms with Crippen molar-refractivity contribution >= 4 is 5.91 Å². The molecule has 1 saturated carbocycles. The van der Waals surface area contributed by atoms with Crippen molar-refractivity contribution in [3.8, 4) is 0 Å². The third kappa shape index (κ3) is 2.40. The molecule has 86 valence electrons. The summed E-state index contributed by atoms with van der Waals surface area (Å²) in [4.78, 5) is 11.2. The van der Waals surface area contributed by atoms with Crippen molar-refractivity contribution < 1.29 is 9.90 Å². The van der Waals surface area contributed by atoms with E-state index >= 15 is 0 Å². The molecule has 0 atom stereocenters. The van der Waals surface area contributed by atoms with Gasteiger partial charge < -0.3 is 16.2 Å². The highest BCUT2D eigenvalue weighted by molar-refractivity contribution is 5.94. The number of primary amides is 1. The first-order valence-corrected chi connectivity index (χ1v) is 5.46. The van der Waals surface area contributed by atoms with Crippen LogP contribution in [0.5, 0.6) is 0 Å². The number of carbonyl (C=O) groups excluding carboxylic acids is 1. The van der Waals surface area contributed by atoms with Gasteiger partial charge in [-0.2, -0.15) is 0 Å². The first-order chi connectivity index (χ1) is 7.66. The van der Waals surface area contributed by atoms with E-state index < -0.39 is 5.91 Å². The third-order valence-corrected chi connectivity index (χ3v) is 2.98. The van der Waals surface area contributed by atoms with Crippen LogP contribution in [0.3, 0.4) is 0 Å². The van der Waals surface area contributed by atoms with Gasteiger partial charge in [-0.25, -0.2) is 0 Å². The molecule has 4 N–H and O–H groups in total. The Labute approximate surface area is 94.5 Å². The maximum absolute atomic E-state index is 11.2. The standard InChI is InChI=1S/C12H16N2O2/c13-12(16)11-4-2-1-3-8(11)7-14-9-5-10(15)6-9/h1-4,9-10,14-15H,5-7H2,(H2,13,16). The van der Waals surface area contributed by atoms with Gasteiger partial charge in [0.15, 0.2) is 0 Å². The zero-order valence-corrected chi connectivity index (χ0v) is 9.02. The highest BCUT2D eigenvalue weighted by atomic mass is 16.3. The Morgan fingerprint density at radius 1 is 1.44 bits per heavy atom. The SMILES string of the molecule is NC(=O)c1ccccc1CNC1CC(O)C1. The highest BCUT2D eigenvalue weighted by Crippen LogP contribution is 2.20. The number of hydrogen-bond acceptors (Lipinski definition) is 3. The zero-order valence-electron chi connectivity index (χ0n) is 9.02. The number of aliphatic hydroxyl groups excluding tert-OH is 1. The van der Waals surface area contributed by atoms with Crippen molar-refractivity contribution in [3.63, 3.8) is 0 Å². The molecule has 0 radical (unpaired) electrons. The molecule has 4 heteroatoms. The van der Waals surface area contributed by atoms with Gasteiger partial charge in [0, 0.05) is 18.2 Å². The second-order valence-corrected chi connectivity index (χ2v) is 4.22. The van der Waals surface area contributed by atoms with E-state index in [1.54, 1.807) is 12.1 Å². The van der Waals surface area contributed by atoms with E-state index in [-0.39, 0.29) is 6.10 Å². The molecule has 0 heterocycles. The van der Waals surface area contributed by atoms with E-state index in [9.17, 15) is 4.79 Å². The molecule has 16 heavy (non-hydrogen) atoms. The summed E-state index contributed by atoms with van der Waals surface area (Å²) < 4.78 is 0. The van der Waals surface area contributed by atoms with Gasteiger partial charge >= 0.3 is 0 Å². The molecular weight excluding hydrogens is 204 g/mol. The summed E-state index contributed by atoms with van der Waals surface area (Å²) in [6, 6.07) is 7.67. The number of hydrogen-bond donors (Lipinski definition) is 3. The van der Waals surface area contributed by atoms with Crippen molar-refractivity contribution in [1.82, 2.24) is 5.32 Å². The molecule has 0 bridgehead atoms. The van der Waals surface area contributed by atoms with Gasteiger partial charge in [0.05, 0.1) is 6.10 Å². The molecule has 0 saturated heterocycles. The van der Waals surface area contributed by atoms with Crippen LogP contribution >= 0.6 is 0 Å². The molecular formula is C12H16N2O2. The van der Waals surface area contributed by atoms with Gasteiger partial charge in [0.2, 0.25) is 5.91 Å². The lowest BCUT2D eigenvalue weighted by Crippen LogP contribution is -2.43. The van der Waals surface area contributed by atoms with Gasteiger partial charge in [0.1, 0.15) is 0 Å². The lowest BCUT2D eigenvalue weighted by molar-refractivity contribution is 0.0618. The molecule has 4 nitrogen and oxygen atoms in total. The summed E-state index contributed by atoms with van der Waals surface area (Å²) in [5.74, 6) is -0.397.